The van der Waals surface area contributed by atoms with Crippen molar-refractivity contribution in [1.29, 1.82) is 5.26 Å². The first-order chi connectivity index (χ1) is 8.90. The van der Waals surface area contributed by atoms with E-state index in [1.807, 2.05) is 24.4 Å². The summed E-state index contributed by atoms with van der Waals surface area (Å²) >= 11 is 0. The Morgan fingerprint density at radius 1 is 1.28 bits per heavy atom. The standard InChI is InChI=1S/C14H15N3O/c15-9-14(17-5-7-18-8-6-17)12-10-16-13-4-2-1-3-11(12)13/h1-4,10,14,16H,5-8H2/p+1/t14-/m1/s1. The van der Waals surface area contributed by atoms with E-state index in [0.29, 0.717) is 0 Å². The average Bonchev–Trinajstić information content (AvgIpc) is 2.85. The Balaban J connectivity index is 1.98. The topological polar surface area (TPSA) is 53.2 Å². The Hall–Kier alpha value is -1.83. The SMILES string of the molecule is N#C[C@H](c1c[nH]c2ccccc12)[NH+]1CCOCC1. The fraction of sp³-hybridized carbons (Fsp3) is 0.357. The van der Waals surface area contributed by atoms with Crippen LogP contribution in [-0.4, -0.2) is 31.3 Å². The van der Waals surface area contributed by atoms with Crippen LogP contribution in [0.5, 0.6) is 0 Å². The van der Waals surface area contributed by atoms with E-state index in [-0.39, 0.29) is 6.04 Å². The van der Waals surface area contributed by atoms with E-state index in [1.165, 1.54) is 4.90 Å². The van der Waals surface area contributed by atoms with Crippen LogP contribution in [0.25, 0.3) is 10.9 Å². The summed E-state index contributed by atoms with van der Waals surface area (Å²) in [7, 11) is 0. The predicted molar refractivity (Wildman–Crippen MR) is 68.2 cm³/mol. The Labute approximate surface area is 106 Å². The van der Waals surface area contributed by atoms with Gasteiger partial charge in [0.05, 0.1) is 13.2 Å². The molecule has 2 heterocycles. The first-order valence-electron chi connectivity index (χ1n) is 6.28. The van der Waals surface area contributed by atoms with E-state index in [9.17, 15) is 5.26 Å². The number of hydrogen-bond donors (Lipinski definition) is 2. The summed E-state index contributed by atoms with van der Waals surface area (Å²) in [5, 5.41) is 10.6. The molecule has 0 amide bonds. The summed E-state index contributed by atoms with van der Waals surface area (Å²) in [6, 6.07) is 10.5. The van der Waals surface area contributed by atoms with Gasteiger partial charge in [0.15, 0.2) is 0 Å². The third-order valence-corrected chi connectivity index (χ3v) is 3.60. The normalized spacial score (nSPS) is 18.6. The molecule has 0 saturated carbocycles. The number of aromatic amines is 1. The number of nitrogens with zero attached hydrogens (tertiary/aromatic N) is 1. The highest BCUT2D eigenvalue weighted by molar-refractivity contribution is 5.83. The number of quaternary nitrogens is 1. The van der Waals surface area contributed by atoms with Gasteiger partial charge in [0.1, 0.15) is 19.2 Å². The summed E-state index contributed by atoms with van der Waals surface area (Å²) < 4.78 is 5.36. The van der Waals surface area contributed by atoms with Crippen LogP contribution < -0.4 is 4.90 Å². The molecule has 1 aromatic carbocycles. The van der Waals surface area contributed by atoms with Crippen molar-refractivity contribution in [2.24, 2.45) is 0 Å². The Bertz CT molecular complexity index is 578. The van der Waals surface area contributed by atoms with Crippen LogP contribution in [-0.2, 0) is 4.74 Å². The van der Waals surface area contributed by atoms with Crippen LogP contribution >= 0.6 is 0 Å². The van der Waals surface area contributed by atoms with Crippen LogP contribution in [0.1, 0.15) is 11.6 Å². The van der Waals surface area contributed by atoms with Gasteiger partial charge in [-0.1, -0.05) is 18.2 Å². The number of hydrogen-bond acceptors (Lipinski definition) is 2. The minimum absolute atomic E-state index is 0.106. The maximum atomic E-state index is 9.48. The quantitative estimate of drug-likeness (QED) is 0.812. The molecule has 2 N–H and O–H groups in total. The van der Waals surface area contributed by atoms with Gasteiger partial charge in [-0.05, 0) is 6.07 Å². The highest BCUT2D eigenvalue weighted by Gasteiger charge is 2.28. The van der Waals surface area contributed by atoms with Gasteiger partial charge < -0.3 is 14.6 Å². The smallest absolute Gasteiger partial charge is 0.202 e. The molecule has 0 radical (unpaired) electrons. The average molecular weight is 242 g/mol. The van der Waals surface area contributed by atoms with Gasteiger partial charge in [0.2, 0.25) is 6.04 Å². The van der Waals surface area contributed by atoms with Crippen molar-refractivity contribution >= 4 is 10.9 Å². The second-order valence-corrected chi connectivity index (χ2v) is 4.62. The predicted octanol–water partition coefficient (Wildman–Crippen LogP) is 0.648. The van der Waals surface area contributed by atoms with Crippen LogP contribution in [0.3, 0.4) is 0 Å². The summed E-state index contributed by atoms with van der Waals surface area (Å²) in [4.78, 5) is 4.55. The Morgan fingerprint density at radius 3 is 2.83 bits per heavy atom. The molecule has 92 valence electrons. The lowest BCUT2D eigenvalue weighted by Gasteiger charge is -2.27. The molecule has 1 aliphatic heterocycles. The first kappa shape index (κ1) is 11.3. The molecule has 1 fully saturated rings. The number of fused-ring (bicyclic) bond motifs is 1. The third-order valence-electron chi connectivity index (χ3n) is 3.60. The molecule has 2 aromatic rings. The summed E-state index contributed by atoms with van der Waals surface area (Å²) in [5.74, 6) is 0. The molecule has 1 aromatic heterocycles. The van der Waals surface area contributed by atoms with Gasteiger partial charge in [0, 0.05) is 22.7 Å². The number of nitriles is 1. The number of ether oxygens (including phenoxy) is 1. The molecular weight excluding hydrogens is 226 g/mol. The van der Waals surface area contributed by atoms with Crippen LogP contribution in [0.2, 0.25) is 0 Å². The van der Waals surface area contributed by atoms with E-state index in [2.05, 4.69) is 17.1 Å². The van der Waals surface area contributed by atoms with Gasteiger partial charge >= 0.3 is 0 Å². The van der Waals surface area contributed by atoms with Gasteiger partial charge in [0.25, 0.3) is 0 Å². The zero-order valence-electron chi connectivity index (χ0n) is 10.1. The summed E-state index contributed by atoms with van der Waals surface area (Å²) in [5.41, 5.74) is 2.20. The van der Waals surface area contributed by atoms with E-state index in [1.54, 1.807) is 0 Å². The lowest BCUT2D eigenvalue weighted by Crippen LogP contribution is -3.14. The van der Waals surface area contributed by atoms with Gasteiger partial charge in [-0.25, -0.2) is 0 Å². The monoisotopic (exact) mass is 242 g/mol. The fourth-order valence-electron chi connectivity index (χ4n) is 2.64. The Morgan fingerprint density at radius 2 is 2.06 bits per heavy atom. The Kier molecular flexibility index (Phi) is 3.01. The second-order valence-electron chi connectivity index (χ2n) is 4.62. The van der Waals surface area contributed by atoms with Gasteiger partial charge in [-0.3, -0.25) is 0 Å². The number of morpholine rings is 1. The van der Waals surface area contributed by atoms with Gasteiger partial charge in [-0.2, -0.15) is 5.26 Å². The lowest BCUT2D eigenvalue weighted by molar-refractivity contribution is -0.930. The third kappa shape index (κ3) is 1.88. The van der Waals surface area contributed by atoms with Crippen molar-refractivity contribution in [1.82, 2.24) is 4.98 Å². The minimum Gasteiger partial charge on any atom is -0.370 e. The van der Waals surface area contributed by atoms with E-state index in [4.69, 9.17) is 4.74 Å². The number of H-pyrrole nitrogens is 1. The second kappa shape index (κ2) is 4.81. The summed E-state index contributed by atoms with van der Waals surface area (Å²) in [6.45, 7) is 3.29. The van der Waals surface area contributed by atoms with Crippen LogP contribution in [0, 0.1) is 11.3 Å². The molecule has 18 heavy (non-hydrogen) atoms. The van der Waals surface area contributed by atoms with Crippen molar-refractivity contribution in [3.05, 3.63) is 36.0 Å². The zero-order valence-corrected chi connectivity index (χ0v) is 10.1. The van der Waals surface area contributed by atoms with Crippen molar-refractivity contribution < 1.29 is 9.64 Å². The minimum atomic E-state index is -0.106. The first-order valence-corrected chi connectivity index (χ1v) is 6.28. The van der Waals surface area contributed by atoms with Crippen molar-refractivity contribution in [3.63, 3.8) is 0 Å². The number of para-hydroxylation sites is 1. The molecule has 1 saturated heterocycles. The fourth-order valence-corrected chi connectivity index (χ4v) is 2.64. The number of aromatic nitrogens is 1. The lowest BCUT2D eigenvalue weighted by atomic mass is 10.1. The number of rotatable bonds is 2. The van der Waals surface area contributed by atoms with Crippen molar-refractivity contribution in [2.45, 2.75) is 6.04 Å². The van der Waals surface area contributed by atoms with E-state index in [0.717, 1.165) is 42.8 Å². The molecule has 0 aliphatic carbocycles. The van der Waals surface area contributed by atoms with Crippen molar-refractivity contribution in [2.75, 3.05) is 26.3 Å². The highest BCUT2D eigenvalue weighted by Crippen LogP contribution is 2.22. The van der Waals surface area contributed by atoms with E-state index < -0.39 is 0 Å². The highest BCUT2D eigenvalue weighted by atomic mass is 16.5. The van der Waals surface area contributed by atoms with Crippen LogP contribution in [0.15, 0.2) is 30.5 Å². The molecule has 0 bridgehead atoms. The molecular formula is C14H16N3O+. The molecule has 1 aliphatic rings. The number of benzene rings is 1. The van der Waals surface area contributed by atoms with Crippen molar-refractivity contribution in [3.8, 4) is 6.07 Å². The molecule has 1 atom stereocenters. The van der Waals surface area contributed by atoms with Gasteiger partial charge in [-0.15, -0.1) is 0 Å². The molecule has 0 unspecified atom stereocenters. The largest absolute Gasteiger partial charge is 0.370 e. The van der Waals surface area contributed by atoms with E-state index >= 15 is 0 Å². The molecule has 0 spiro atoms. The molecule has 4 nitrogen and oxygen atoms in total. The molecule has 4 heteroatoms. The maximum absolute atomic E-state index is 9.48. The van der Waals surface area contributed by atoms with Crippen LogP contribution in [0.4, 0.5) is 0 Å². The summed E-state index contributed by atoms with van der Waals surface area (Å²) in [6.07, 6.45) is 1.97. The molecule has 3 rings (SSSR count). The maximum Gasteiger partial charge on any atom is 0.202 e. The zero-order chi connectivity index (χ0) is 12.4. The number of nitrogens with one attached hydrogen (secondary N) is 2.